The summed E-state index contributed by atoms with van der Waals surface area (Å²) in [7, 11) is 1.99. The molecule has 0 unspecified atom stereocenters. The molecule has 1 N–H and O–H groups in total. The van der Waals surface area contributed by atoms with Crippen molar-refractivity contribution in [2.45, 2.75) is 32.9 Å². The minimum atomic E-state index is -0.0393. The van der Waals surface area contributed by atoms with Crippen LogP contribution in [0.1, 0.15) is 24.3 Å². The summed E-state index contributed by atoms with van der Waals surface area (Å²) >= 11 is 1.75. The number of thiophene rings is 1. The van der Waals surface area contributed by atoms with Crippen LogP contribution in [-0.2, 0) is 16.1 Å². The van der Waals surface area contributed by atoms with Gasteiger partial charge in [0.2, 0.25) is 5.91 Å². The third-order valence-corrected chi connectivity index (χ3v) is 5.39. The van der Waals surface area contributed by atoms with Gasteiger partial charge in [0.15, 0.2) is 0 Å². The Bertz CT molecular complexity index is 510. The molecule has 0 spiro atoms. The van der Waals surface area contributed by atoms with E-state index >= 15 is 0 Å². The average molecular weight is 340 g/mol. The highest BCUT2D eigenvalue weighted by molar-refractivity contribution is 7.10. The predicted octanol–water partition coefficient (Wildman–Crippen LogP) is 1.72. The van der Waals surface area contributed by atoms with Crippen molar-refractivity contribution in [3.63, 3.8) is 0 Å². The normalized spacial score (nSPS) is 16.7. The molecule has 1 aromatic rings. The fraction of sp³-hybridized carbons (Fsp3) is 0.706. The average Bonchev–Trinajstić information content (AvgIpc) is 2.91. The highest BCUT2D eigenvalue weighted by Crippen LogP contribution is 2.17. The van der Waals surface area contributed by atoms with Gasteiger partial charge < -0.3 is 10.1 Å². The Morgan fingerprint density at radius 2 is 2.13 bits per heavy atom. The molecule has 130 valence electrons. The highest BCUT2D eigenvalue weighted by Gasteiger charge is 2.28. The molecule has 1 aliphatic heterocycles. The number of rotatable bonds is 7. The second kappa shape index (κ2) is 8.24. The largest absolute Gasteiger partial charge is 0.379 e. The zero-order valence-electron chi connectivity index (χ0n) is 14.7. The summed E-state index contributed by atoms with van der Waals surface area (Å²) in [4.78, 5) is 18.0. The fourth-order valence-corrected chi connectivity index (χ4v) is 3.75. The Balaban J connectivity index is 1.74. The maximum Gasteiger partial charge on any atom is 0.234 e. The van der Waals surface area contributed by atoms with E-state index in [2.05, 4.69) is 47.3 Å². The first-order valence-corrected chi connectivity index (χ1v) is 9.07. The van der Waals surface area contributed by atoms with E-state index in [1.165, 1.54) is 10.4 Å². The third kappa shape index (κ3) is 5.57. The van der Waals surface area contributed by atoms with Gasteiger partial charge in [-0.25, -0.2) is 0 Å². The van der Waals surface area contributed by atoms with Crippen LogP contribution in [0.3, 0.4) is 0 Å². The number of likely N-dealkylation sites (N-methyl/N-ethyl adjacent to an activating group) is 1. The van der Waals surface area contributed by atoms with Gasteiger partial charge in [-0.1, -0.05) is 0 Å². The number of hydrogen-bond donors (Lipinski definition) is 1. The molecule has 1 saturated heterocycles. The van der Waals surface area contributed by atoms with Crippen molar-refractivity contribution in [1.82, 2.24) is 15.1 Å². The lowest BCUT2D eigenvalue weighted by molar-refractivity contribution is -0.122. The van der Waals surface area contributed by atoms with Crippen LogP contribution in [0.2, 0.25) is 0 Å². The molecule has 23 heavy (non-hydrogen) atoms. The van der Waals surface area contributed by atoms with Crippen molar-refractivity contribution < 1.29 is 9.53 Å². The summed E-state index contributed by atoms with van der Waals surface area (Å²) in [5.41, 5.74) is 1.26. The van der Waals surface area contributed by atoms with Gasteiger partial charge in [-0.05, 0) is 44.8 Å². The van der Waals surface area contributed by atoms with E-state index in [1.54, 1.807) is 11.3 Å². The Morgan fingerprint density at radius 3 is 2.74 bits per heavy atom. The van der Waals surface area contributed by atoms with Gasteiger partial charge in [-0.3, -0.25) is 14.6 Å². The van der Waals surface area contributed by atoms with Crippen LogP contribution in [0.4, 0.5) is 0 Å². The molecule has 2 rings (SSSR count). The predicted molar refractivity (Wildman–Crippen MR) is 94.9 cm³/mol. The van der Waals surface area contributed by atoms with Crippen LogP contribution in [0, 0.1) is 6.92 Å². The first kappa shape index (κ1) is 18.4. The quantitative estimate of drug-likeness (QED) is 0.821. The van der Waals surface area contributed by atoms with Crippen LogP contribution >= 0.6 is 11.3 Å². The second-order valence-electron chi connectivity index (χ2n) is 6.89. The summed E-state index contributed by atoms with van der Waals surface area (Å²) < 4.78 is 5.40. The van der Waals surface area contributed by atoms with E-state index in [1.807, 2.05) is 7.05 Å². The molecule has 0 radical (unpaired) electrons. The van der Waals surface area contributed by atoms with Crippen LogP contribution in [-0.4, -0.2) is 67.7 Å². The topological polar surface area (TPSA) is 44.8 Å². The molecule has 1 amide bonds. The molecular weight excluding hydrogens is 310 g/mol. The second-order valence-corrected chi connectivity index (χ2v) is 7.89. The first-order valence-electron chi connectivity index (χ1n) is 8.19. The van der Waals surface area contributed by atoms with Crippen molar-refractivity contribution in [2.75, 3.05) is 46.4 Å². The fourth-order valence-electron chi connectivity index (χ4n) is 2.76. The highest BCUT2D eigenvalue weighted by atomic mass is 32.1. The van der Waals surface area contributed by atoms with Crippen LogP contribution in [0.5, 0.6) is 0 Å². The molecule has 5 nitrogen and oxygen atoms in total. The maximum absolute atomic E-state index is 12.2. The molecular formula is C17H29N3O2S. The monoisotopic (exact) mass is 339 g/mol. The van der Waals surface area contributed by atoms with E-state index in [9.17, 15) is 4.79 Å². The zero-order chi connectivity index (χ0) is 16.9. The van der Waals surface area contributed by atoms with Gasteiger partial charge in [0, 0.05) is 36.6 Å². The number of amides is 1. The van der Waals surface area contributed by atoms with Gasteiger partial charge in [0.25, 0.3) is 0 Å². The first-order chi connectivity index (χ1) is 10.9. The minimum absolute atomic E-state index is 0.0393. The third-order valence-electron chi connectivity index (χ3n) is 4.38. The Hall–Kier alpha value is -0.950. The molecule has 0 aromatic carbocycles. The van der Waals surface area contributed by atoms with Crippen molar-refractivity contribution in [3.05, 3.63) is 21.9 Å². The standard InChI is InChI=1S/C17H29N3O2S/c1-14-5-10-23-15(14)11-19(4)12-16(21)18-13-17(2,3)20-6-8-22-9-7-20/h5,10H,6-9,11-13H2,1-4H3,(H,18,21). The Kier molecular flexibility index (Phi) is 6.59. The zero-order valence-corrected chi connectivity index (χ0v) is 15.5. The van der Waals surface area contributed by atoms with Crippen molar-refractivity contribution in [1.29, 1.82) is 0 Å². The number of aryl methyl sites for hydroxylation is 1. The number of carbonyl (C=O) groups excluding carboxylic acids is 1. The number of nitrogens with one attached hydrogen (secondary N) is 1. The summed E-state index contributed by atoms with van der Waals surface area (Å²) in [5, 5.41) is 5.19. The lowest BCUT2D eigenvalue weighted by Gasteiger charge is -2.40. The lowest BCUT2D eigenvalue weighted by Crippen LogP contribution is -2.56. The molecule has 1 aliphatic rings. The van der Waals surface area contributed by atoms with Gasteiger partial charge in [0.05, 0.1) is 19.8 Å². The molecule has 0 saturated carbocycles. The van der Waals surface area contributed by atoms with Crippen molar-refractivity contribution >= 4 is 17.2 Å². The molecule has 6 heteroatoms. The number of ether oxygens (including phenoxy) is 1. The van der Waals surface area contributed by atoms with E-state index in [4.69, 9.17) is 4.74 Å². The number of carbonyl (C=O) groups is 1. The number of morpholine rings is 1. The Morgan fingerprint density at radius 1 is 1.43 bits per heavy atom. The van der Waals surface area contributed by atoms with Crippen LogP contribution in [0.25, 0.3) is 0 Å². The van der Waals surface area contributed by atoms with Gasteiger partial charge >= 0.3 is 0 Å². The molecule has 1 aromatic heterocycles. The number of nitrogens with zero attached hydrogens (tertiary/aromatic N) is 2. The molecule has 1 fully saturated rings. The SMILES string of the molecule is Cc1ccsc1CN(C)CC(=O)NCC(C)(C)N1CCOCC1. The van der Waals surface area contributed by atoms with Gasteiger partial charge in [0.1, 0.15) is 0 Å². The summed E-state index contributed by atoms with van der Waals surface area (Å²) in [6.07, 6.45) is 0. The van der Waals surface area contributed by atoms with Crippen molar-refractivity contribution in [2.24, 2.45) is 0 Å². The lowest BCUT2D eigenvalue weighted by atomic mass is 10.0. The number of hydrogen-bond acceptors (Lipinski definition) is 5. The van der Waals surface area contributed by atoms with E-state index in [-0.39, 0.29) is 11.4 Å². The van der Waals surface area contributed by atoms with Crippen LogP contribution in [0.15, 0.2) is 11.4 Å². The van der Waals surface area contributed by atoms with E-state index in [0.29, 0.717) is 13.1 Å². The van der Waals surface area contributed by atoms with Gasteiger partial charge in [-0.2, -0.15) is 0 Å². The molecule has 0 bridgehead atoms. The minimum Gasteiger partial charge on any atom is -0.379 e. The summed E-state index contributed by atoms with van der Waals surface area (Å²) in [6.45, 7) is 11.8. The summed E-state index contributed by atoms with van der Waals surface area (Å²) in [5.74, 6) is 0.0862. The van der Waals surface area contributed by atoms with E-state index in [0.717, 1.165) is 32.8 Å². The van der Waals surface area contributed by atoms with Crippen LogP contribution < -0.4 is 5.32 Å². The molecule has 0 atom stereocenters. The van der Waals surface area contributed by atoms with E-state index < -0.39 is 0 Å². The van der Waals surface area contributed by atoms with Gasteiger partial charge in [-0.15, -0.1) is 11.3 Å². The van der Waals surface area contributed by atoms with Crippen molar-refractivity contribution in [3.8, 4) is 0 Å². The summed E-state index contributed by atoms with van der Waals surface area (Å²) in [6, 6.07) is 2.12. The maximum atomic E-state index is 12.2. The molecule has 2 heterocycles. The molecule has 0 aliphatic carbocycles. The smallest absolute Gasteiger partial charge is 0.234 e. The Labute approximate surface area is 143 Å².